The molecule has 0 heterocycles. The first kappa shape index (κ1) is 62.9. The summed E-state index contributed by atoms with van der Waals surface area (Å²) < 4.78 is 312. The van der Waals surface area contributed by atoms with E-state index < -0.39 is 122 Å². The molecule has 2 rings (SSSR count). The van der Waals surface area contributed by atoms with E-state index in [4.69, 9.17) is 0 Å². The molecule has 30 heteroatoms. The van der Waals surface area contributed by atoms with Gasteiger partial charge in [-0.1, -0.05) is 31.9 Å². The van der Waals surface area contributed by atoms with Gasteiger partial charge in [-0.2, -0.15) is 87.8 Å². The lowest BCUT2D eigenvalue weighted by atomic mass is 9.95. The lowest BCUT2D eigenvalue weighted by Crippen LogP contribution is -2.71. The fourth-order valence-corrected chi connectivity index (χ4v) is 7.88. The predicted octanol–water partition coefficient (Wildman–Crippen LogP) is 14.0. The SMILES string of the molecule is Cc1c(C)c(N(C)C(=O)C(C)(OC(F)(F)C(C)(OC(F)(F)C(F)(F)OC(C)(C(F)(F)F)C(F)(F)OC(C)(C(=O)N(C)c2c(C)c(C)c(Br)c(C)c2C)C(F)(F)F)C(F)(F)F)C(F)(F)F)c(C)c(C)c1Br. The molecule has 402 valence electrons. The first-order valence-electron chi connectivity index (χ1n) is 19.2. The number of ether oxygens (including phenoxy) is 4. The minimum atomic E-state index is -7.86. The minimum absolute atomic E-state index is 0.0522. The first-order valence-corrected chi connectivity index (χ1v) is 20.8. The Labute approximate surface area is 402 Å². The van der Waals surface area contributed by atoms with E-state index >= 15 is 35.1 Å². The molecule has 2 aromatic carbocycles. The lowest BCUT2D eigenvalue weighted by molar-refractivity contribution is -0.546. The summed E-state index contributed by atoms with van der Waals surface area (Å²) in [6.07, 6.45) is -58.3. The molecule has 0 bridgehead atoms. The first-order chi connectivity index (χ1) is 30.6. The van der Waals surface area contributed by atoms with Crippen molar-refractivity contribution in [2.45, 2.75) is 155 Å². The maximum atomic E-state index is 15.8. The highest BCUT2D eigenvalue weighted by Gasteiger charge is 2.82. The van der Waals surface area contributed by atoms with Gasteiger partial charge in [-0.15, -0.1) is 0 Å². The Bertz CT molecular complexity index is 2150. The van der Waals surface area contributed by atoms with Crippen molar-refractivity contribution >= 4 is 55.0 Å². The highest BCUT2D eigenvalue weighted by atomic mass is 79.9. The molecule has 2 amide bonds. The summed E-state index contributed by atoms with van der Waals surface area (Å²) in [5.41, 5.74) is -24.5. The molecule has 0 radical (unpaired) electrons. The number of benzene rings is 2. The normalized spacial score (nSPS) is 17.4. The van der Waals surface area contributed by atoms with Gasteiger partial charge in [0.1, 0.15) is 0 Å². The van der Waals surface area contributed by atoms with Gasteiger partial charge in [0.15, 0.2) is 0 Å². The van der Waals surface area contributed by atoms with Crippen molar-refractivity contribution in [2.75, 3.05) is 23.9 Å². The molecule has 2 aromatic rings. The molecular formula is C40H42Br2F20N2O6. The minimum Gasteiger partial charge on any atom is -0.312 e. The van der Waals surface area contributed by atoms with Crippen LogP contribution < -0.4 is 9.80 Å². The maximum Gasteiger partial charge on any atom is 0.449 e. The second-order valence-corrected chi connectivity index (χ2v) is 18.2. The Morgan fingerprint density at radius 3 is 0.729 bits per heavy atom. The Morgan fingerprint density at radius 1 is 0.357 bits per heavy atom. The van der Waals surface area contributed by atoms with Gasteiger partial charge in [-0.25, -0.2) is 0 Å². The predicted molar refractivity (Wildman–Crippen MR) is 215 cm³/mol. The molecule has 0 aliphatic rings. The van der Waals surface area contributed by atoms with Crippen LogP contribution in [0.15, 0.2) is 8.95 Å². The smallest absolute Gasteiger partial charge is 0.312 e. The average molecular weight is 1190 g/mol. The highest BCUT2D eigenvalue weighted by Crippen LogP contribution is 2.58. The summed E-state index contributed by atoms with van der Waals surface area (Å²) in [5.74, 6) is -5.47. The topological polar surface area (TPSA) is 77.5 Å². The van der Waals surface area contributed by atoms with Crippen LogP contribution >= 0.6 is 31.9 Å². The van der Waals surface area contributed by atoms with Crippen LogP contribution in [0.25, 0.3) is 0 Å². The van der Waals surface area contributed by atoms with E-state index in [1.165, 1.54) is 55.4 Å². The van der Waals surface area contributed by atoms with Gasteiger partial charge in [-0.3, -0.25) is 28.5 Å². The molecule has 0 saturated heterocycles. The molecule has 4 atom stereocenters. The third-order valence-corrected chi connectivity index (χ3v) is 14.4. The summed E-state index contributed by atoms with van der Waals surface area (Å²) in [7, 11) is 0.937. The number of rotatable bonds is 15. The summed E-state index contributed by atoms with van der Waals surface area (Å²) in [4.78, 5) is 26.9. The number of nitrogens with zero attached hydrogens (tertiary/aromatic N) is 2. The zero-order chi connectivity index (χ0) is 56.1. The van der Waals surface area contributed by atoms with Crippen molar-refractivity contribution in [2.24, 2.45) is 0 Å². The third-order valence-electron chi connectivity index (χ3n) is 12.0. The summed E-state index contributed by atoms with van der Waals surface area (Å²) in [6, 6.07) is 0. The molecule has 0 aromatic heterocycles. The number of hydrogen-bond acceptors (Lipinski definition) is 6. The third kappa shape index (κ3) is 10.3. The van der Waals surface area contributed by atoms with Gasteiger partial charge < -0.3 is 9.80 Å². The van der Waals surface area contributed by atoms with Crippen LogP contribution in [-0.2, 0) is 28.5 Å². The van der Waals surface area contributed by atoms with E-state index in [1.54, 1.807) is 0 Å². The Morgan fingerprint density at radius 2 is 0.557 bits per heavy atom. The van der Waals surface area contributed by atoms with Crippen molar-refractivity contribution in [1.82, 2.24) is 0 Å². The molecule has 8 nitrogen and oxygen atoms in total. The van der Waals surface area contributed by atoms with Crippen LogP contribution in [0, 0.1) is 55.4 Å². The molecule has 4 unspecified atom stereocenters. The number of alkyl halides is 20. The molecule has 0 aliphatic heterocycles. The number of anilines is 2. The lowest BCUT2D eigenvalue weighted by Gasteiger charge is -2.46. The Hall–Kier alpha value is -3.22. The Balaban J connectivity index is 2.84. The second-order valence-electron chi connectivity index (χ2n) is 16.7. The van der Waals surface area contributed by atoms with Gasteiger partial charge in [0.2, 0.25) is 11.2 Å². The van der Waals surface area contributed by atoms with Gasteiger partial charge in [0.05, 0.1) is 0 Å². The fourth-order valence-electron chi connectivity index (χ4n) is 6.69. The van der Waals surface area contributed by atoms with Crippen LogP contribution in [0.2, 0.25) is 0 Å². The van der Waals surface area contributed by atoms with Crippen LogP contribution in [0.4, 0.5) is 99.2 Å². The second kappa shape index (κ2) is 18.9. The number of carbonyl (C=O) groups is 2. The average Bonchev–Trinajstić information content (AvgIpc) is 3.17. The number of carbonyl (C=O) groups excluding carboxylic acids is 2. The van der Waals surface area contributed by atoms with Crippen molar-refractivity contribution in [3.8, 4) is 0 Å². The van der Waals surface area contributed by atoms with Crippen LogP contribution in [0.5, 0.6) is 0 Å². The molecule has 0 spiro atoms. The largest absolute Gasteiger partial charge is 0.449 e. The van der Waals surface area contributed by atoms with E-state index in [9.17, 15) is 62.3 Å². The molecule has 70 heavy (non-hydrogen) atoms. The van der Waals surface area contributed by atoms with E-state index in [2.05, 4.69) is 50.8 Å². The number of amides is 2. The van der Waals surface area contributed by atoms with Crippen LogP contribution in [-0.4, -0.2) is 97.5 Å². The van der Waals surface area contributed by atoms with Gasteiger partial charge >= 0.3 is 49.1 Å². The van der Waals surface area contributed by atoms with Crippen molar-refractivity contribution in [3.63, 3.8) is 0 Å². The maximum absolute atomic E-state index is 15.8. The van der Waals surface area contributed by atoms with E-state index in [-0.39, 0.29) is 54.3 Å². The summed E-state index contributed by atoms with van der Waals surface area (Å²) in [6.45, 7) is 5.88. The van der Waals surface area contributed by atoms with Crippen molar-refractivity contribution < 1.29 is 116 Å². The van der Waals surface area contributed by atoms with Crippen LogP contribution in [0.1, 0.15) is 72.2 Å². The number of likely N-dealkylation sites (N-methyl/N-ethyl adjacent to an activating group) is 2. The van der Waals surface area contributed by atoms with E-state index in [1.807, 2.05) is 0 Å². The zero-order valence-electron chi connectivity index (χ0n) is 38.7. The number of halogens is 22. The summed E-state index contributed by atoms with van der Waals surface area (Å²) in [5, 5.41) is 0. The molecule has 0 N–H and O–H groups in total. The highest BCUT2D eigenvalue weighted by molar-refractivity contribution is 9.11. The fraction of sp³-hybridized carbons (Fsp3) is 0.650. The van der Waals surface area contributed by atoms with Gasteiger partial charge in [-0.05, 0) is 128 Å². The van der Waals surface area contributed by atoms with E-state index in [0.29, 0.717) is 23.0 Å². The number of hydrogen-bond donors (Lipinski definition) is 0. The van der Waals surface area contributed by atoms with Crippen molar-refractivity contribution in [3.05, 3.63) is 53.5 Å². The standard InChI is InChI=1S/C40H42Br2F20N2O6/c1-15-19(5)25(20(6)16(2)23(15)41)63(13)27(65)29(9,33(43,44)45)67-37(55,56)31(11,35(49,50)51)69-39(59,60)40(61,62)70-32(12,36(52,53)54)38(57,58)68-30(10,34(46,47)48)28(66)64(14)26-21(7)17(3)24(42)18(4)22(26)8/h1-14H3. The van der Waals surface area contributed by atoms with Crippen LogP contribution in [0.3, 0.4) is 0 Å². The van der Waals surface area contributed by atoms with E-state index in [0.717, 1.165) is 0 Å². The quantitative estimate of drug-likeness (QED) is 0.165. The van der Waals surface area contributed by atoms with Crippen molar-refractivity contribution in [1.29, 1.82) is 0 Å². The Kier molecular flexibility index (Phi) is 17.0. The molecule has 0 aliphatic carbocycles. The molecular weight excluding hydrogens is 1140 g/mol. The summed E-state index contributed by atoms with van der Waals surface area (Å²) >= 11 is 6.33. The van der Waals surface area contributed by atoms with Gasteiger partial charge in [0, 0.05) is 34.4 Å². The monoisotopic (exact) mass is 1180 g/mol. The molecule has 0 saturated carbocycles. The van der Waals surface area contributed by atoms with Gasteiger partial charge in [0.25, 0.3) is 23.0 Å². The molecule has 0 fully saturated rings. The zero-order valence-corrected chi connectivity index (χ0v) is 41.8.